The van der Waals surface area contributed by atoms with Gasteiger partial charge >= 0.3 is 5.97 Å². The molecule has 1 aliphatic heterocycles. The second-order valence-corrected chi connectivity index (χ2v) is 6.63. The van der Waals surface area contributed by atoms with Gasteiger partial charge in [-0.2, -0.15) is 0 Å². The number of carboxylic acids is 1. The van der Waals surface area contributed by atoms with Gasteiger partial charge in [0.05, 0.1) is 5.41 Å². The van der Waals surface area contributed by atoms with Gasteiger partial charge in [-0.3, -0.25) is 4.79 Å². The lowest BCUT2D eigenvalue weighted by atomic mass is 9.76. The number of aryl methyl sites for hydroxylation is 1. The average Bonchev–Trinajstić information content (AvgIpc) is 2.88. The highest BCUT2D eigenvalue weighted by molar-refractivity contribution is 7.15. The lowest BCUT2D eigenvalue weighted by Gasteiger charge is -2.39. The fraction of sp³-hybridized carbons (Fsp3) is 0.786. The zero-order chi connectivity index (χ0) is 14.6. The van der Waals surface area contributed by atoms with E-state index in [1.165, 1.54) is 0 Å². The first kappa shape index (κ1) is 15.2. The molecule has 0 bridgehead atoms. The van der Waals surface area contributed by atoms with Crippen molar-refractivity contribution in [3.8, 4) is 0 Å². The smallest absolute Gasteiger partial charge is 0.311 e. The molecular weight excluding hydrogens is 274 g/mol. The molecule has 5 nitrogen and oxygen atoms in total. The van der Waals surface area contributed by atoms with Gasteiger partial charge in [0.1, 0.15) is 5.01 Å². The Kier molecular flexibility index (Phi) is 4.96. The Balaban J connectivity index is 2.14. The van der Waals surface area contributed by atoms with Crippen LogP contribution in [0.5, 0.6) is 0 Å². The standard InChI is InChI=1S/C14H23N3O2S/c1-3-6-11-15-16-13(20-11)17-9-5-8-14(10-17,7-4-2)12(18)19/h3-10H2,1-2H3,(H,18,19)/t14-/m0/s1. The molecule has 0 amide bonds. The maximum atomic E-state index is 11.7. The Morgan fingerprint density at radius 2 is 2.20 bits per heavy atom. The van der Waals surface area contributed by atoms with Crippen LogP contribution < -0.4 is 4.90 Å². The molecule has 1 aliphatic rings. The van der Waals surface area contributed by atoms with Gasteiger partial charge in [0.25, 0.3) is 0 Å². The summed E-state index contributed by atoms with van der Waals surface area (Å²) in [4.78, 5) is 13.8. The molecule has 0 spiro atoms. The van der Waals surface area contributed by atoms with Crippen molar-refractivity contribution in [2.75, 3.05) is 18.0 Å². The van der Waals surface area contributed by atoms with Gasteiger partial charge in [-0.15, -0.1) is 10.2 Å². The maximum absolute atomic E-state index is 11.7. The number of nitrogens with zero attached hydrogens (tertiary/aromatic N) is 3. The van der Waals surface area contributed by atoms with E-state index in [9.17, 15) is 9.90 Å². The van der Waals surface area contributed by atoms with Gasteiger partial charge in [0.15, 0.2) is 0 Å². The molecule has 0 saturated carbocycles. The molecule has 0 radical (unpaired) electrons. The third-order valence-electron chi connectivity index (χ3n) is 3.95. The van der Waals surface area contributed by atoms with E-state index in [0.717, 1.165) is 55.2 Å². The quantitative estimate of drug-likeness (QED) is 0.874. The summed E-state index contributed by atoms with van der Waals surface area (Å²) in [7, 11) is 0. The summed E-state index contributed by atoms with van der Waals surface area (Å²) >= 11 is 1.61. The van der Waals surface area contributed by atoms with Gasteiger partial charge in [0, 0.05) is 19.5 Å². The van der Waals surface area contributed by atoms with E-state index in [2.05, 4.69) is 22.0 Å². The summed E-state index contributed by atoms with van der Waals surface area (Å²) in [5, 5.41) is 20.0. The van der Waals surface area contributed by atoms with Crippen LogP contribution in [-0.4, -0.2) is 34.4 Å². The van der Waals surface area contributed by atoms with Gasteiger partial charge in [-0.05, 0) is 25.7 Å². The van der Waals surface area contributed by atoms with E-state index in [-0.39, 0.29) is 0 Å². The van der Waals surface area contributed by atoms with E-state index >= 15 is 0 Å². The number of carboxylic acid groups (broad SMARTS) is 1. The molecule has 20 heavy (non-hydrogen) atoms. The minimum atomic E-state index is -0.664. The molecule has 1 saturated heterocycles. The first-order chi connectivity index (χ1) is 9.61. The monoisotopic (exact) mass is 297 g/mol. The Hall–Kier alpha value is -1.17. The molecule has 0 aliphatic carbocycles. The van der Waals surface area contributed by atoms with Crippen LogP contribution in [0.4, 0.5) is 5.13 Å². The van der Waals surface area contributed by atoms with Crippen LogP contribution in [0, 0.1) is 5.41 Å². The highest BCUT2D eigenvalue weighted by atomic mass is 32.1. The molecule has 2 heterocycles. The van der Waals surface area contributed by atoms with Crippen molar-refractivity contribution in [2.45, 2.75) is 52.4 Å². The highest BCUT2D eigenvalue weighted by Crippen LogP contribution is 2.37. The molecule has 1 fully saturated rings. The molecule has 112 valence electrons. The lowest BCUT2D eigenvalue weighted by Crippen LogP contribution is -2.48. The van der Waals surface area contributed by atoms with Crippen LogP contribution in [0.2, 0.25) is 0 Å². The van der Waals surface area contributed by atoms with Gasteiger partial charge in [0.2, 0.25) is 5.13 Å². The number of aromatic nitrogens is 2. The van der Waals surface area contributed by atoms with Crippen molar-refractivity contribution in [1.82, 2.24) is 10.2 Å². The Labute approximate surface area is 124 Å². The Morgan fingerprint density at radius 1 is 1.40 bits per heavy atom. The predicted octanol–water partition coefficient (Wildman–Crippen LogP) is 2.96. The maximum Gasteiger partial charge on any atom is 0.311 e. The average molecular weight is 297 g/mol. The number of anilines is 1. The van der Waals surface area contributed by atoms with Crippen LogP contribution in [-0.2, 0) is 11.2 Å². The zero-order valence-electron chi connectivity index (χ0n) is 12.3. The minimum absolute atomic E-state index is 0.566. The summed E-state index contributed by atoms with van der Waals surface area (Å²) in [6, 6.07) is 0. The number of aliphatic carboxylic acids is 1. The molecule has 0 unspecified atom stereocenters. The Morgan fingerprint density at radius 3 is 2.85 bits per heavy atom. The highest BCUT2D eigenvalue weighted by Gasteiger charge is 2.42. The number of hydrogen-bond acceptors (Lipinski definition) is 5. The van der Waals surface area contributed by atoms with Crippen molar-refractivity contribution in [2.24, 2.45) is 5.41 Å². The minimum Gasteiger partial charge on any atom is -0.481 e. The van der Waals surface area contributed by atoms with Crippen LogP contribution in [0.15, 0.2) is 0 Å². The van der Waals surface area contributed by atoms with Gasteiger partial charge in [-0.1, -0.05) is 31.6 Å². The topological polar surface area (TPSA) is 66.3 Å². The van der Waals surface area contributed by atoms with Gasteiger partial charge in [-0.25, -0.2) is 0 Å². The van der Waals surface area contributed by atoms with Crippen LogP contribution in [0.3, 0.4) is 0 Å². The SMILES string of the molecule is CCCc1nnc(N2CCC[C@](CCC)(C(=O)O)C2)s1. The largest absolute Gasteiger partial charge is 0.481 e. The summed E-state index contributed by atoms with van der Waals surface area (Å²) in [6.45, 7) is 5.63. The third-order valence-corrected chi connectivity index (χ3v) is 4.99. The summed E-state index contributed by atoms with van der Waals surface area (Å²) < 4.78 is 0. The molecule has 1 atom stereocenters. The lowest BCUT2D eigenvalue weighted by molar-refractivity contribution is -0.150. The summed E-state index contributed by atoms with van der Waals surface area (Å²) in [5.41, 5.74) is -0.608. The molecule has 1 aromatic heterocycles. The van der Waals surface area contributed by atoms with Crippen molar-refractivity contribution in [1.29, 1.82) is 0 Å². The molecule has 6 heteroatoms. The van der Waals surface area contributed by atoms with E-state index in [1.54, 1.807) is 11.3 Å². The summed E-state index contributed by atoms with van der Waals surface area (Å²) in [5.74, 6) is -0.664. The van der Waals surface area contributed by atoms with E-state index < -0.39 is 11.4 Å². The first-order valence-electron chi connectivity index (χ1n) is 7.42. The van der Waals surface area contributed by atoms with Crippen molar-refractivity contribution in [3.63, 3.8) is 0 Å². The van der Waals surface area contributed by atoms with Gasteiger partial charge < -0.3 is 10.0 Å². The van der Waals surface area contributed by atoms with E-state index in [4.69, 9.17) is 0 Å². The molecule has 0 aromatic carbocycles. The van der Waals surface area contributed by atoms with Crippen LogP contribution in [0.25, 0.3) is 0 Å². The van der Waals surface area contributed by atoms with Crippen molar-refractivity contribution >= 4 is 22.4 Å². The van der Waals surface area contributed by atoms with E-state index in [0.29, 0.717) is 6.54 Å². The summed E-state index contributed by atoms with van der Waals surface area (Å²) in [6.07, 6.45) is 5.33. The predicted molar refractivity (Wildman–Crippen MR) is 80.3 cm³/mol. The second-order valence-electron chi connectivity index (χ2n) is 5.59. The van der Waals surface area contributed by atoms with Crippen molar-refractivity contribution in [3.05, 3.63) is 5.01 Å². The van der Waals surface area contributed by atoms with Crippen molar-refractivity contribution < 1.29 is 9.90 Å². The number of rotatable bonds is 6. The molecule has 1 aromatic rings. The number of carbonyl (C=O) groups is 1. The zero-order valence-corrected chi connectivity index (χ0v) is 13.1. The molecular formula is C14H23N3O2S. The second kappa shape index (κ2) is 6.52. The normalized spacial score (nSPS) is 23.0. The van der Waals surface area contributed by atoms with Crippen LogP contribution >= 0.6 is 11.3 Å². The Bertz CT molecular complexity index is 459. The number of hydrogen-bond donors (Lipinski definition) is 1. The first-order valence-corrected chi connectivity index (χ1v) is 8.23. The molecule has 1 N–H and O–H groups in total. The number of piperidine rings is 1. The van der Waals surface area contributed by atoms with E-state index in [1.807, 2.05) is 6.92 Å². The third kappa shape index (κ3) is 3.11. The fourth-order valence-corrected chi connectivity index (χ4v) is 3.91. The fourth-order valence-electron chi connectivity index (χ4n) is 2.95. The van der Waals surface area contributed by atoms with Crippen LogP contribution in [0.1, 0.15) is 51.0 Å². The molecule has 2 rings (SSSR count).